The Balaban J connectivity index is 6.00. The first-order chi connectivity index (χ1) is 9.42. The Morgan fingerprint density at radius 1 is 0.810 bits per heavy atom. The van der Waals surface area contributed by atoms with Crippen LogP contribution in [-0.4, -0.2) is 17.7 Å². The predicted octanol–water partition coefficient (Wildman–Crippen LogP) is 1.09. The zero-order valence-corrected chi connectivity index (χ0v) is 16.1. The second kappa shape index (κ2) is 6.91. The monoisotopic (exact) mass is 382 g/mol. The van der Waals surface area contributed by atoms with E-state index in [1.165, 1.54) is 0 Å². The maximum atomic E-state index is 12.0. The fourth-order valence-corrected chi connectivity index (χ4v) is 9.47. The number of nitrogens with one attached hydrogen (secondary N) is 3. The SMILES string of the molecule is CCC(=O)[NH][Nb]([NH2])([NH]C(=O)CC)([NH]C(=O)CC)[C](C)(C)C. The van der Waals surface area contributed by atoms with Gasteiger partial charge in [0.15, 0.2) is 0 Å². The number of carbonyl (C=O) groups excluding carboxylic acids is 3. The summed E-state index contributed by atoms with van der Waals surface area (Å²) < 4.78 is 14.4. The molecule has 0 saturated carbocycles. The van der Waals surface area contributed by atoms with Crippen LogP contribution in [0.1, 0.15) is 60.8 Å². The van der Waals surface area contributed by atoms with Gasteiger partial charge in [0.2, 0.25) is 0 Å². The summed E-state index contributed by atoms with van der Waals surface area (Å²) in [4.78, 5) is 35.9. The van der Waals surface area contributed by atoms with E-state index in [1.54, 1.807) is 20.8 Å². The van der Waals surface area contributed by atoms with E-state index >= 15 is 0 Å². The third-order valence-corrected chi connectivity index (χ3v) is 15.5. The van der Waals surface area contributed by atoms with Crippen molar-refractivity contribution < 1.29 is 31.2 Å². The molecule has 0 rings (SSSR count). The van der Waals surface area contributed by atoms with Gasteiger partial charge in [0.25, 0.3) is 0 Å². The number of nitrogens with two attached hydrogens (primary N) is 1. The van der Waals surface area contributed by atoms with E-state index in [2.05, 4.69) is 11.2 Å². The van der Waals surface area contributed by atoms with Gasteiger partial charge < -0.3 is 0 Å². The molecule has 8 heteroatoms. The minimum atomic E-state index is -5.02. The molecule has 0 aromatic rings. The van der Waals surface area contributed by atoms with Crippen molar-refractivity contribution in [1.29, 1.82) is 0 Å². The van der Waals surface area contributed by atoms with E-state index in [-0.39, 0.29) is 37.0 Å². The van der Waals surface area contributed by atoms with Crippen molar-refractivity contribution in [2.75, 3.05) is 0 Å². The molecular weight excluding hydrogens is 353 g/mol. The van der Waals surface area contributed by atoms with Crippen molar-refractivity contribution in [1.82, 2.24) is 11.2 Å². The van der Waals surface area contributed by atoms with Crippen LogP contribution >= 0.6 is 0 Å². The molecule has 3 amide bonds. The van der Waals surface area contributed by atoms with Crippen LogP contribution in [0.4, 0.5) is 0 Å². The summed E-state index contributed by atoms with van der Waals surface area (Å²) in [6, 6.07) is 0. The van der Waals surface area contributed by atoms with Crippen molar-refractivity contribution in [2.45, 2.75) is 64.4 Å². The van der Waals surface area contributed by atoms with Crippen LogP contribution in [0, 0.1) is 0 Å². The van der Waals surface area contributed by atoms with Crippen LogP contribution < -0.4 is 15.3 Å². The number of hydrogen-bond acceptors (Lipinski definition) is 4. The van der Waals surface area contributed by atoms with Gasteiger partial charge in [0.05, 0.1) is 0 Å². The fraction of sp³-hybridized carbons (Fsp3) is 0.769. The molecule has 0 radical (unpaired) electrons. The zero-order valence-electron chi connectivity index (χ0n) is 13.9. The van der Waals surface area contributed by atoms with Crippen molar-refractivity contribution in [2.24, 2.45) is 4.14 Å². The van der Waals surface area contributed by atoms with E-state index in [0.29, 0.717) is 0 Å². The summed E-state index contributed by atoms with van der Waals surface area (Å²) in [5.41, 5.74) is 0. The molecule has 0 aromatic heterocycles. The van der Waals surface area contributed by atoms with Gasteiger partial charge in [-0.1, -0.05) is 0 Å². The van der Waals surface area contributed by atoms with Crippen molar-refractivity contribution in [3.05, 3.63) is 0 Å². The van der Waals surface area contributed by atoms with Crippen molar-refractivity contribution in [3.8, 4) is 0 Å². The van der Waals surface area contributed by atoms with Gasteiger partial charge >= 0.3 is 129 Å². The molecule has 0 spiro atoms. The molecule has 21 heavy (non-hydrogen) atoms. The molecule has 0 saturated heterocycles. The minimum absolute atomic E-state index is 0.221. The number of hydrogen-bond donors (Lipinski definition) is 4. The summed E-state index contributed by atoms with van der Waals surface area (Å²) in [6.45, 7) is 10.5. The Labute approximate surface area is 129 Å². The molecule has 0 aromatic carbocycles. The average Bonchev–Trinajstić information content (AvgIpc) is 2.36. The molecule has 0 aliphatic heterocycles. The van der Waals surface area contributed by atoms with Crippen LogP contribution in [0.2, 0.25) is 3.63 Å². The molecule has 0 unspecified atom stereocenters. The van der Waals surface area contributed by atoms with E-state index in [9.17, 15) is 14.4 Å². The van der Waals surface area contributed by atoms with Gasteiger partial charge in [-0.3, -0.25) is 0 Å². The summed E-state index contributed by atoms with van der Waals surface area (Å²) in [5.74, 6) is -0.869. The van der Waals surface area contributed by atoms with E-state index in [1.807, 2.05) is 20.8 Å². The third-order valence-electron chi connectivity index (χ3n) is 3.43. The number of carbonyl (C=O) groups is 3. The second-order valence-corrected chi connectivity index (χ2v) is 16.8. The van der Waals surface area contributed by atoms with Gasteiger partial charge in [0.1, 0.15) is 0 Å². The Kier molecular flexibility index (Phi) is 6.62. The summed E-state index contributed by atoms with van der Waals surface area (Å²) in [7, 11) is 0. The molecule has 0 heterocycles. The van der Waals surface area contributed by atoms with Crippen molar-refractivity contribution in [3.63, 3.8) is 0 Å². The van der Waals surface area contributed by atoms with Gasteiger partial charge in [-0.25, -0.2) is 0 Å². The Morgan fingerprint density at radius 2 is 1.05 bits per heavy atom. The molecule has 7 nitrogen and oxygen atoms in total. The quantitative estimate of drug-likeness (QED) is 0.515. The Bertz CT molecular complexity index is 383. The first-order valence-electron chi connectivity index (χ1n) is 7.20. The predicted molar refractivity (Wildman–Crippen MR) is 79.2 cm³/mol. The van der Waals surface area contributed by atoms with E-state index in [0.717, 1.165) is 0 Å². The maximum absolute atomic E-state index is 12.0. The van der Waals surface area contributed by atoms with Crippen molar-refractivity contribution >= 4 is 17.7 Å². The van der Waals surface area contributed by atoms with E-state index < -0.39 is 20.5 Å². The fourth-order valence-electron chi connectivity index (χ4n) is 1.60. The zero-order chi connectivity index (χ0) is 16.9. The van der Waals surface area contributed by atoms with Gasteiger partial charge in [-0.2, -0.15) is 0 Å². The van der Waals surface area contributed by atoms with Gasteiger partial charge in [-0.15, -0.1) is 0 Å². The topological polar surface area (TPSA) is 113 Å². The first-order valence-corrected chi connectivity index (χ1v) is 12.9. The molecule has 5 N–H and O–H groups in total. The Morgan fingerprint density at radius 3 is 1.19 bits per heavy atom. The van der Waals surface area contributed by atoms with Crippen LogP contribution in [0.5, 0.6) is 0 Å². The Hall–Kier alpha value is -0.890. The first kappa shape index (κ1) is 20.1. The summed E-state index contributed by atoms with van der Waals surface area (Å²) in [6.07, 6.45) is 0.664. The van der Waals surface area contributed by atoms with Crippen LogP contribution in [0.25, 0.3) is 0 Å². The molecule has 124 valence electrons. The molecule has 0 bridgehead atoms. The standard InChI is InChI=1S/C4H9.3C3H7NO.H2N.Nb/c1-4(2)3;3*1-2-3(4)5;;/h1-3H3;3*2H2,1H3,(H2,4,5);1H2;/q;;;;-1;+4/p-3. The summed E-state index contributed by atoms with van der Waals surface area (Å²) in [5, 5.41) is 0. The number of amides is 3. The third kappa shape index (κ3) is 4.54. The normalized spacial score (nSPS) is 13.8. The average molecular weight is 382 g/mol. The van der Waals surface area contributed by atoms with Gasteiger partial charge in [-0.05, 0) is 0 Å². The van der Waals surface area contributed by atoms with Crippen LogP contribution in [0.3, 0.4) is 0 Å². The van der Waals surface area contributed by atoms with Crippen LogP contribution in [-0.2, 0) is 31.2 Å². The van der Waals surface area contributed by atoms with Crippen LogP contribution in [0.15, 0.2) is 0 Å². The second-order valence-electron chi connectivity index (χ2n) is 6.02. The number of rotatable bonds is 6. The van der Waals surface area contributed by atoms with E-state index in [4.69, 9.17) is 4.14 Å². The molecule has 0 atom stereocenters. The molecular formula is C13H29N4NbO3. The molecule has 0 aliphatic rings. The molecule has 0 aliphatic carbocycles. The molecule has 0 fully saturated rings. The van der Waals surface area contributed by atoms with Gasteiger partial charge in [0, 0.05) is 0 Å². The summed E-state index contributed by atoms with van der Waals surface area (Å²) >= 11 is -5.02.